The van der Waals surface area contributed by atoms with Crippen LogP contribution >= 0.6 is 0 Å². The minimum atomic E-state index is 0.544. The van der Waals surface area contributed by atoms with Gasteiger partial charge in [0.1, 0.15) is 0 Å². The summed E-state index contributed by atoms with van der Waals surface area (Å²) >= 11 is 0. The van der Waals surface area contributed by atoms with Crippen LogP contribution in [0.25, 0.3) is 0 Å². The summed E-state index contributed by atoms with van der Waals surface area (Å²) in [5.41, 5.74) is 0. The normalized spacial score (nSPS) is 9.15. The molecule has 1 atom stereocenters. The summed E-state index contributed by atoms with van der Waals surface area (Å²) in [5.74, 6) is 6.53. The van der Waals surface area contributed by atoms with Crippen molar-refractivity contribution in [1.82, 2.24) is 5.32 Å². The third-order valence-corrected chi connectivity index (χ3v) is 1.22. The minimum Gasteiger partial charge on any atom is -0.320 e. The van der Waals surface area contributed by atoms with E-state index >= 15 is 0 Å². The first kappa shape index (κ1) is 18.3. The number of hydrogen-bond donors (Lipinski definition) is 1. The van der Waals surface area contributed by atoms with Gasteiger partial charge in [0.15, 0.2) is 0 Å². The van der Waals surface area contributed by atoms with E-state index in [9.17, 15) is 0 Å². The third kappa shape index (κ3) is 24.6. The average Bonchev–Trinajstić information content (AvgIpc) is 2.21. The molecule has 80 valence electrons. The van der Waals surface area contributed by atoms with Gasteiger partial charge in [0, 0.05) is 5.92 Å². The van der Waals surface area contributed by atoms with Gasteiger partial charge in [-0.15, -0.1) is 11.8 Å². The Morgan fingerprint density at radius 3 is 1.92 bits per heavy atom. The molecule has 0 aromatic carbocycles. The van der Waals surface area contributed by atoms with Crippen LogP contribution in [0.15, 0.2) is 0 Å². The van der Waals surface area contributed by atoms with E-state index in [1.807, 2.05) is 41.7 Å². The van der Waals surface area contributed by atoms with Gasteiger partial charge in [-0.2, -0.15) is 0 Å². The number of nitrogens with one attached hydrogen (secondary N) is 1. The van der Waals surface area contributed by atoms with Crippen LogP contribution in [0.3, 0.4) is 0 Å². The molecule has 0 fully saturated rings. The van der Waals surface area contributed by atoms with Crippen molar-refractivity contribution in [2.75, 3.05) is 13.6 Å². The fourth-order valence-electron chi connectivity index (χ4n) is 0.679. The van der Waals surface area contributed by atoms with Crippen molar-refractivity contribution in [2.24, 2.45) is 5.92 Å². The van der Waals surface area contributed by atoms with Gasteiger partial charge in [-0.05, 0) is 26.9 Å². The Kier molecular flexibility index (Phi) is 31.8. The lowest BCUT2D eigenvalue weighted by atomic mass is 10.1. The number of rotatable bonds is 3. The highest BCUT2D eigenvalue weighted by molar-refractivity contribution is 4.99. The predicted octanol–water partition coefficient (Wildman–Crippen LogP) is 3.31. The predicted molar refractivity (Wildman–Crippen MR) is 63.9 cm³/mol. The van der Waals surface area contributed by atoms with Gasteiger partial charge in [0.05, 0.1) is 0 Å². The molecule has 0 rings (SSSR count). The molecule has 13 heavy (non-hydrogen) atoms. The van der Waals surface area contributed by atoms with Gasteiger partial charge in [-0.25, -0.2) is 0 Å². The molecule has 0 radical (unpaired) electrons. The molecule has 0 bridgehead atoms. The first-order chi connectivity index (χ1) is 6.31. The Morgan fingerprint density at radius 1 is 1.15 bits per heavy atom. The lowest BCUT2D eigenvalue weighted by Crippen LogP contribution is -2.10. The van der Waals surface area contributed by atoms with Gasteiger partial charge in [0.25, 0.3) is 0 Å². The molecule has 1 unspecified atom stereocenters. The van der Waals surface area contributed by atoms with Crippen LogP contribution in [0.2, 0.25) is 0 Å². The van der Waals surface area contributed by atoms with E-state index in [4.69, 9.17) is 0 Å². The smallest absolute Gasteiger partial charge is 0.0186 e. The van der Waals surface area contributed by atoms with Crippen LogP contribution in [-0.2, 0) is 0 Å². The van der Waals surface area contributed by atoms with Crippen LogP contribution in [-0.4, -0.2) is 13.6 Å². The quantitative estimate of drug-likeness (QED) is 0.665. The Bertz CT molecular complexity index is 108. The van der Waals surface area contributed by atoms with Crippen LogP contribution in [0.5, 0.6) is 0 Å². The maximum atomic E-state index is 3.09. The largest absolute Gasteiger partial charge is 0.320 e. The van der Waals surface area contributed by atoms with Gasteiger partial charge in [0.2, 0.25) is 0 Å². The fraction of sp³-hybridized carbons (Fsp3) is 0.833. The lowest BCUT2D eigenvalue weighted by molar-refractivity contribution is 0.626. The van der Waals surface area contributed by atoms with E-state index in [-0.39, 0.29) is 0 Å². The van der Waals surface area contributed by atoms with Gasteiger partial charge < -0.3 is 5.32 Å². The van der Waals surface area contributed by atoms with Gasteiger partial charge in [-0.1, -0.05) is 34.6 Å². The van der Waals surface area contributed by atoms with Crippen molar-refractivity contribution in [2.45, 2.75) is 48.0 Å². The molecule has 0 aliphatic rings. The number of hydrogen-bond acceptors (Lipinski definition) is 1. The first-order valence-electron chi connectivity index (χ1n) is 5.38. The topological polar surface area (TPSA) is 12.0 Å². The molecular weight excluding hydrogens is 158 g/mol. The Hall–Kier alpha value is -0.480. The molecular formula is C12H27N. The van der Waals surface area contributed by atoms with E-state index in [1.165, 1.54) is 0 Å². The van der Waals surface area contributed by atoms with Crippen LogP contribution in [0.1, 0.15) is 48.0 Å². The maximum absolute atomic E-state index is 3.09. The second kappa shape index (κ2) is 22.5. The maximum Gasteiger partial charge on any atom is 0.0186 e. The van der Waals surface area contributed by atoms with Crippen molar-refractivity contribution >= 4 is 0 Å². The van der Waals surface area contributed by atoms with E-state index in [0.29, 0.717) is 5.92 Å². The van der Waals surface area contributed by atoms with E-state index < -0.39 is 0 Å². The van der Waals surface area contributed by atoms with E-state index in [1.54, 1.807) is 0 Å². The third-order valence-electron chi connectivity index (χ3n) is 1.22. The highest BCUT2D eigenvalue weighted by atomic mass is 14.8. The zero-order valence-corrected chi connectivity index (χ0v) is 10.5. The van der Waals surface area contributed by atoms with Crippen LogP contribution in [0, 0.1) is 17.8 Å². The molecule has 1 N–H and O–H groups in total. The second-order valence-corrected chi connectivity index (χ2v) is 2.19. The van der Waals surface area contributed by atoms with Crippen LogP contribution < -0.4 is 5.32 Å². The molecule has 0 saturated carbocycles. The van der Waals surface area contributed by atoms with Gasteiger partial charge in [-0.3, -0.25) is 0 Å². The molecule has 0 saturated heterocycles. The SMILES string of the molecule is CC.CC.CC#CC(C)CCNC. The van der Waals surface area contributed by atoms with Crippen molar-refractivity contribution in [3.63, 3.8) is 0 Å². The monoisotopic (exact) mass is 185 g/mol. The Morgan fingerprint density at radius 2 is 1.62 bits per heavy atom. The molecule has 0 aromatic rings. The summed E-state index contributed by atoms with van der Waals surface area (Å²) in [6, 6.07) is 0. The second-order valence-electron chi connectivity index (χ2n) is 2.19. The van der Waals surface area contributed by atoms with E-state index in [2.05, 4.69) is 24.1 Å². The van der Waals surface area contributed by atoms with Crippen molar-refractivity contribution in [3.8, 4) is 11.8 Å². The molecule has 1 heteroatoms. The summed E-state index contributed by atoms with van der Waals surface area (Å²) in [6.07, 6.45) is 1.15. The van der Waals surface area contributed by atoms with Crippen molar-refractivity contribution in [3.05, 3.63) is 0 Å². The summed E-state index contributed by atoms with van der Waals surface area (Å²) in [7, 11) is 1.96. The molecule has 0 aromatic heterocycles. The molecule has 0 heterocycles. The van der Waals surface area contributed by atoms with Crippen molar-refractivity contribution < 1.29 is 0 Å². The Balaban J connectivity index is -0.000000218. The summed E-state index contributed by atoms with van der Waals surface area (Å²) in [6.45, 7) is 13.1. The fourth-order valence-corrected chi connectivity index (χ4v) is 0.679. The zero-order valence-electron chi connectivity index (χ0n) is 10.5. The summed E-state index contributed by atoms with van der Waals surface area (Å²) in [5, 5.41) is 3.09. The molecule has 0 aliphatic carbocycles. The highest BCUT2D eigenvalue weighted by Crippen LogP contribution is 1.96. The average molecular weight is 185 g/mol. The van der Waals surface area contributed by atoms with E-state index in [0.717, 1.165) is 13.0 Å². The summed E-state index contributed by atoms with van der Waals surface area (Å²) < 4.78 is 0. The van der Waals surface area contributed by atoms with Crippen molar-refractivity contribution in [1.29, 1.82) is 0 Å². The molecule has 0 spiro atoms. The standard InChI is InChI=1S/C8H15N.2C2H6/c1-4-5-8(2)6-7-9-3;2*1-2/h8-9H,6-7H2,1-3H3;2*1-2H3. The lowest BCUT2D eigenvalue weighted by Gasteiger charge is -2.00. The summed E-state index contributed by atoms with van der Waals surface area (Å²) in [4.78, 5) is 0. The first-order valence-corrected chi connectivity index (χ1v) is 5.38. The highest BCUT2D eigenvalue weighted by Gasteiger charge is 1.92. The molecule has 1 nitrogen and oxygen atoms in total. The zero-order chi connectivity index (χ0) is 11.1. The molecule has 0 aliphatic heterocycles. The minimum absolute atomic E-state index is 0.544. The molecule has 0 amide bonds. The Labute approximate surface area is 85.3 Å². The van der Waals surface area contributed by atoms with Gasteiger partial charge >= 0.3 is 0 Å². The van der Waals surface area contributed by atoms with Crippen LogP contribution in [0.4, 0.5) is 0 Å².